The predicted octanol–water partition coefficient (Wildman–Crippen LogP) is 2.75. The molecule has 0 unspecified atom stereocenters. The van der Waals surface area contributed by atoms with Crippen molar-refractivity contribution in [3.8, 4) is 6.07 Å². The summed E-state index contributed by atoms with van der Waals surface area (Å²) in [6.07, 6.45) is 7.47. The Kier molecular flexibility index (Phi) is 5.87. The minimum atomic E-state index is -0.477. The van der Waals surface area contributed by atoms with Crippen molar-refractivity contribution in [2.45, 2.75) is 37.6 Å². The van der Waals surface area contributed by atoms with Crippen molar-refractivity contribution in [2.75, 3.05) is 25.5 Å². The standard InChI is InChI=1S/C23H26N6O2/c1-25-11-6-20-19(15-30)22(27-17-3-4-18-16(14-17)2-5-21(18)31)28-29(20)23(7-10-24)8-12-26-13-9-23/h3-4,6,11,14-15,25-26H,2,5,7-9,12-13H2,1H3,(H,27,28)/b11-6-. The fourth-order valence-electron chi connectivity index (χ4n) is 4.51. The van der Waals surface area contributed by atoms with E-state index in [1.165, 1.54) is 0 Å². The van der Waals surface area contributed by atoms with Gasteiger partial charge in [-0.25, -0.2) is 0 Å². The molecule has 1 aliphatic heterocycles. The molecule has 31 heavy (non-hydrogen) atoms. The summed E-state index contributed by atoms with van der Waals surface area (Å²) < 4.78 is 1.86. The number of nitrogens with zero attached hydrogens (tertiary/aromatic N) is 3. The fourth-order valence-corrected chi connectivity index (χ4v) is 4.51. The molecule has 3 N–H and O–H groups in total. The van der Waals surface area contributed by atoms with Crippen molar-refractivity contribution in [1.82, 2.24) is 20.4 Å². The second-order valence-electron chi connectivity index (χ2n) is 8.03. The highest BCUT2D eigenvalue weighted by atomic mass is 16.1. The van der Waals surface area contributed by atoms with Gasteiger partial charge in [-0.2, -0.15) is 10.4 Å². The van der Waals surface area contributed by atoms with Gasteiger partial charge in [-0.3, -0.25) is 14.3 Å². The molecule has 2 heterocycles. The summed E-state index contributed by atoms with van der Waals surface area (Å²) in [5.41, 5.74) is 3.20. The summed E-state index contributed by atoms with van der Waals surface area (Å²) in [4.78, 5) is 24.0. The summed E-state index contributed by atoms with van der Waals surface area (Å²) in [7, 11) is 1.79. The SMILES string of the molecule is CN/C=C\c1c(C=O)c(Nc2ccc3c(c2)CCC3=O)nn1C1(CC#N)CCNCC1. The number of nitriles is 1. The van der Waals surface area contributed by atoms with Gasteiger partial charge < -0.3 is 16.0 Å². The van der Waals surface area contributed by atoms with Gasteiger partial charge in [0.05, 0.1) is 29.3 Å². The summed E-state index contributed by atoms with van der Waals surface area (Å²) in [6, 6.07) is 7.94. The molecule has 2 aromatic rings. The maximum atomic E-state index is 12.1. The van der Waals surface area contributed by atoms with Crippen molar-refractivity contribution in [2.24, 2.45) is 0 Å². The van der Waals surface area contributed by atoms with Gasteiger partial charge >= 0.3 is 0 Å². The lowest BCUT2D eigenvalue weighted by atomic mass is 9.85. The van der Waals surface area contributed by atoms with Crippen LogP contribution in [0.15, 0.2) is 24.4 Å². The highest BCUT2D eigenvalue weighted by molar-refractivity contribution is 6.01. The van der Waals surface area contributed by atoms with Crippen LogP contribution in [0.25, 0.3) is 6.08 Å². The van der Waals surface area contributed by atoms with Gasteiger partial charge in [0.1, 0.15) is 0 Å². The minimum Gasteiger partial charge on any atom is -0.394 e. The Bertz CT molecular complexity index is 1070. The molecule has 0 atom stereocenters. The van der Waals surface area contributed by atoms with Crippen molar-refractivity contribution in [1.29, 1.82) is 5.26 Å². The topological polar surface area (TPSA) is 112 Å². The number of hydrogen-bond acceptors (Lipinski definition) is 7. The van der Waals surface area contributed by atoms with Crippen molar-refractivity contribution >= 4 is 29.7 Å². The first kappa shape index (κ1) is 20.8. The quantitative estimate of drug-likeness (QED) is 0.593. The molecule has 1 fully saturated rings. The minimum absolute atomic E-state index is 0.170. The third-order valence-electron chi connectivity index (χ3n) is 6.17. The molecule has 8 heteroatoms. The van der Waals surface area contributed by atoms with Crippen LogP contribution in [0.5, 0.6) is 0 Å². The summed E-state index contributed by atoms with van der Waals surface area (Å²) >= 11 is 0. The van der Waals surface area contributed by atoms with Gasteiger partial charge in [0, 0.05) is 24.7 Å². The van der Waals surface area contributed by atoms with Gasteiger partial charge in [0.15, 0.2) is 17.9 Å². The molecular formula is C23H26N6O2. The number of anilines is 2. The van der Waals surface area contributed by atoms with Crippen LogP contribution in [0.1, 0.15) is 57.7 Å². The number of ketones is 1. The van der Waals surface area contributed by atoms with E-state index in [0.29, 0.717) is 29.9 Å². The molecule has 0 radical (unpaired) electrons. The number of carbonyl (C=O) groups is 2. The molecule has 1 saturated heterocycles. The summed E-state index contributed by atoms with van der Waals surface area (Å²) in [5.74, 6) is 0.620. The van der Waals surface area contributed by atoms with E-state index >= 15 is 0 Å². The summed E-state index contributed by atoms with van der Waals surface area (Å²) in [6.45, 7) is 1.57. The lowest BCUT2D eigenvalue weighted by Gasteiger charge is -2.37. The van der Waals surface area contributed by atoms with Crippen LogP contribution in [0.3, 0.4) is 0 Å². The number of rotatable bonds is 7. The monoisotopic (exact) mass is 418 g/mol. The molecule has 0 bridgehead atoms. The third-order valence-corrected chi connectivity index (χ3v) is 6.17. The Morgan fingerprint density at radius 2 is 2.13 bits per heavy atom. The van der Waals surface area contributed by atoms with Crippen LogP contribution >= 0.6 is 0 Å². The number of aryl methyl sites for hydroxylation is 1. The number of benzene rings is 1. The van der Waals surface area contributed by atoms with E-state index in [1.807, 2.05) is 29.0 Å². The van der Waals surface area contributed by atoms with Crippen molar-refractivity contribution in [3.05, 3.63) is 46.8 Å². The highest BCUT2D eigenvalue weighted by Crippen LogP contribution is 2.36. The Hall–Kier alpha value is -3.44. The lowest BCUT2D eigenvalue weighted by molar-refractivity contribution is 0.0994. The van der Waals surface area contributed by atoms with Gasteiger partial charge in [-0.05, 0) is 68.4 Å². The molecule has 1 aliphatic carbocycles. The van der Waals surface area contributed by atoms with Crippen molar-refractivity contribution < 1.29 is 9.59 Å². The number of Topliss-reactive ketones (excluding diaryl/α,β-unsaturated/α-hetero) is 1. The first-order chi connectivity index (χ1) is 15.1. The van der Waals surface area contributed by atoms with Gasteiger partial charge in [0.2, 0.25) is 0 Å². The summed E-state index contributed by atoms with van der Waals surface area (Å²) in [5, 5.41) is 23.9. The van der Waals surface area contributed by atoms with E-state index in [9.17, 15) is 14.9 Å². The van der Waals surface area contributed by atoms with E-state index < -0.39 is 5.54 Å². The third kappa shape index (κ3) is 3.84. The molecule has 0 amide bonds. The first-order valence-electron chi connectivity index (χ1n) is 10.6. The second kappa shape index (κ2) is 8.74. The number of nitrogens with one attached hydrogen (secondary N) is 3. The number of carbonyl (C=O) groups excluding carboxylic acids is 2. The molecule has 8 nitrogen and oxygen atoms in total. The van der Waals surface area contributed by atoms with E-state index in [-0.39, 0.29) is 5.78 Å². The molecule has 1 aromatic carbocycles. The Labute approximate surface area is 181 Å². The van der Waals surface area contributed by atoms with Crippen LogP contribution in [0.2, 0.25) is 0 Å². The van der Waals surface area contributed by atoms with E-state index in [2.05, 4.69) is 22.0 Å². The Morgan fingerprint density at radius 3 is 2.84 bits per heavy atom. The number of fused-ring (bicyclic) bond motifs is 1. The molecule has 160 valence electrons. The molecule has 0 spiro atoms. The van der Waals surface area contributed by atoms with Crippen LogP contribution in [0.4, 0.5) is 11.5 Å². The zero-order valence-corrected chi connectivity index (χ0v) is 17.6. The van der Waals surface area contributed by atoms with Crippen LogP contribution < -0.4 is 16.0 Å². The van der Waals surface area contributed by atoms with Gasteiger partial charge in [0.25, 0.3) is 0 Å². The molecular weight excluding hydrogens is 392 g/mol. The Morgan fingerprint density at radius 1 is 1.32 bits per heavy atom. The maximum absolute atomic E-state index is 12.1. The number of aromatic nitrogens is 2. The van der Waals surface area contributed by atoms with Crippen LogP contribution in [-0.4, -0.2) is 42.0 Å². The largest absolute Gasteiger partial charge is 0.394 e. The van der Waals surface area contributed by atoms with Gasteiger partial charge in [-0.15, -0.1) is 0 Å². The van der Waals surface area contributed by atoms with E-state index in [4.69, 9.17) is 5.10 Å². The average Bonchev–Trinajstić information content (AvgIpc) is 3.33. The van der Waals surface area contributed by atoms with E-state index in [0.717, 1.165) is 55.5 Å². The fraction of sp³-hybridized carbons (Fsp3) is 0.391. The smallest absolute Gasteiger partial charge is 0.163 e. The second-order valence-corrected chi connectivity index (χ2v) is 8.03. The lowest BCUT2D eigenvalue weighted by Crippen LogP contribution is -2.45. The average molecular weight is 419 g/mol. The molecule has 0 saturated carbocycles. The van der Waals surface area contributed by atoms with Crippen LogP contribution in [0, 0.1) is 11.3 Å². The van der Waals surface area contributed by atoms with E-state index in [1.54, 1.807) is 13.2 Å². The van der Waals surface area contributed by atoms with Crippen LogP contribution in [-0.2, 0) is 12.0 Å². The number of hydrogen-bond donors (Lipinski definition) is 3. The normalized spacial score (nSPS) is 17.4. The zero-order valence-electron chi connectivity index (χ0n) is 17.6. The first-order valence-corrected chi connectivity index (χ1v) is 10.6. The zero-order chi connectivity index (χ0) is 21.8. The molecule has 4 rings (SSSR count). The predicted molar refractivity (Wildman–Crippen MR) is 118 cm³/mol. The number of piperidine rings is 1. The Balaban J connectivity index is 1.78. The highest BCUT2D eigenvalue weighted by Gasteiger charge is 2.37. The van der Waals surface area contributed by atoms with Crippen molar-refractivity contribution in [3.63, 3.8) is 0 Å². The maximum Gasteiger partial charge on any atom is 0.163 e. The molecule has 2 aliphatic rings. The number of aldehydes is 1. The molecule has 1 aromatic heterocycles. The van der Waals surface area contributed by atoms with Gasteiger partial charge in [-0.1, -0.05) is 0 Å².